The second-order valence-corrected chi connectivity index (χ2v) is 4.70. The van der Waals surface area contributed by atoms with E-state index in [1.165, 1.54) is 12.1 Å². The van der Waals surface area contributed by atoms with Crippen LogP contribution in [0.1, 0.15) is 11.1 Å². The fraction of sp³-hybridized carbons (Fsp3) is 0.214. The van der Waals surface area contributed by atoms with E-state index in [1.807, 2.05) is 0 Å². The number of hydrogen-bond acceptors (Lipinski definition) is 5. The molecule has 0 saturated carbocycles. The molecule has 7 nitrogen and oxygen atoms in total. The van der Waals surface area contributed by atoms with Gasteiger partial charge in [-0.05, 0) is 6.07 Å². The molecule has 0 fully saturated rings. The molecule has 2 heterocycles. The Morgan fingerprint density at radius 2 is 2.23 bits per heavy atom. The molecule has 116 valence electrons. The first kappa shape index (κ1) is 16.0. The topological polar surface area (TPSA) is 85.7 Å². The van der Waals surface area contributed by atoms with Crippen molar-refractivity contribution in [2.45, 2.75) is 13.2 Å². The molecule has 0 amide bonds. The van der Waals surface area contributed by atoms with Crippen molar-refractivity contribution in [3.63, 3.8) is 0 Å². The summed E-state index contributed by atoms with van der Waals surface area (Å²) in [6, 6.07) is 6.21. The van der Waals surface area contributed by atoms with Crippen LogP contribution in [0.15, 0.2) is 36.7 Å². The molecule has 0 radical (unpaired) electrons. The van der Waals surface area contributed by atoms with Crippen molar-refractivity contribution in [1.82, 2.24) is 0 Å². The average molecular weight is 325 g/mol. The lowest BCUT2D eigenvalue weighted by atomic mass is 10.1. The highest BCUT2D eigenvalue weighted by atomic mass is 35.5. The summed E-state index contributed by atoms with van der Waals surface area (Å²) in [5.41, 5.74) is 1.34. The van der Waals surface area contributed by atoms with Crippen molar-refractivity contribution in [2.24, 2.45) is 0 Å². The van der Waals surface area contributed by atoms with Crippen LogP contribution in [0, 0.1) is 10.1 Å². The molecule has 0 saturated heterocycles. The first-order valence-electron chi connectivity index (χ1n) is 6.32. The van der Waals surface area contributed by atoms with Crippen LogP contribution in [-0.2, 0) is 17.9 Å². The Labute approximate surface area is 132 Å². The fourth-order valence-corrected chi connectivity index (χ4v) is 2.31. The number of non-ortho nitro benzene ring substituents is 1. The molecule has 8 heteroatoms. The monoisotopic (exact) mass is 324 g/mol. The molecule has 1 aliphatic rings. The van der Waals surface area contributed by atoms with Crippen LogP contribution in [0.25, 0.3) is 0 Å². The molecule has 0 unspecified atom stereocenters. The molecule has 1 aromatic carbocycles. The SMILES string of the molecule is O=[N+]([O-])c1cc2c(c(C[n+]3cccc(O)c3)c1)OCOC2.[Cl-]. The molecule has 1 aromatic heterocycles. The number of fused-ring (bicyclic) bond motifs is 1. The van der Waals surface area contributed by atoms with Crippen molar-refractivity contribution in [2.75, 3.05) is 6.79 Å². The normalized spacial score (nSPS) is 12.7. The van der Waals surface area contributed by atoms with Gasteiger partial charge in [-0.1, -0.05) is 0 Å². The Morgan fingerprint density at radius 3 is 2.95 bits per heavy atom. The third-order valence-corrected chi connectivity index (χ3v) is 3.18. The van der Waals surface area contributed by atoms with Crippen molar-refractivity contribution >= 4 is 5.69 Å². The highest BCUT2D eigenvalue weighted by Gasteiger charge is 2.23. The predicted molar refractivity (Wildman–Crippen MR) is 70.8 cm³/mol. The summed E-state index contributed by atoms with van der Waals surface area (Å²) in [6.07, 6.45) is 3.31. The van der Waals surface area contributed by atoms with Crippen molar-refractivity contribution < 1.29 is 36.5 Å². The Bertz CT molecular complexity index is 708. The van der Waals surface area contributed by atoms with Crippen LogP contribution >= 0.6 is 0 Å². The summed E-state index contributed by atoms with van der Waals surface area (Å²) >= 11 is 0. The van der Waals surface area contributed by atoms with Crippen LogP contribution in [0.2, 0.25) is 0 Å². The van der Waals surface area contributed by atoms with E-state index < -0.39 is 4.92 Å². The summed E-state index contributed by atoms with van der Waals surface area (Å²) in [4.78, 5) is 10.6. The number of halogens is 1. The summed E-state index contributed by atoms with van der Waals surface area (Å²) in [5.74, 6) is 0.740. The van der Waals surface area contributed by atoms with Gasteiger partial charge in [-0.3, -0.25) is 10.1 Å². The van der Waals surface area contributed by atoms with Crippen molar-refractivity contribution in [3.8, 4) is 11.5 Å². The average Bonchev–Trinajstić information content (AvgIpc) is 2.47. The van der Waals surface area contributed by atoms with E-state index in [1.54, 1.807) is 29.1 Å². The maximum Gasteiger partial charge on any atom is 0.270 e. The molecule has 3 rings (SSSR count). The van der Waals surface area contributed by atoms with Gasteiger partial charge in [0.05, 0.1) is 17.1 Å². The molecule has 1 N–H and O–H groups in total. The zero-order chi connectivity index (χ0) is 14.8. The number of aromatic nitrogens is 1. The Hall–Kier alpha value is -2.38. The van der Waals surface area contributed by atoms with E-state index in [-0.39, 0.29) is 37.2 Å². The van der Waals surface area contributed by atoms with Crippen LogP contribution < -0.4 is 21.7 Å². The van der Waals surface area contributed by atoms with Gasteiger partial charge in [-0.2, -0.15) is 4.57 Å². The van der Waals surface area contributed by atoms with E-state index in [9.17, 15) is 15.2 Å². The number of rotatable bonds is 3. The minimum Gasteiger partial charge on any atom is -1.00 e. The Kier molecular flexibility index (Phi) is 4.79. The third-order valence-electron chi connectivity index (χ3n) is 3.18. The molecule has 0 spiro atoms. The summed E-state index contributed by atoms with van der Waals surface area (Å²) in [5, 5.41) is 20.5. The van der Waals surface area contributed by atoms with Gasteiger partial charge in [0.25, 0.3) is 5.69 Å². The zero-order valence-electron chi connectivity index (χ0n) is 11.4. The van der Waals surface area contributed by atoms with Crippen molar-refractivity contribution in [1.29, 1.82) is 0 Å². The summed E-state index contributed by atoms with van der Waals surface area (Å²) in [6.45, 7) is 0.773. The number of ether oxygens (including phenoxy) is 2. The Balaban J connectivity index is 0.00000176. The van der Waals surface area contributed by atoms with Crippen LogP contribution in [0.4, 0.5) is 5.69 Å². The molecule has 0 atom stereocenters. The smallest absolute Gasteiger partial charge is 0.270 e. The zero-order valence-corrected chi connectivity index (χ0v) is 12.2. The summed E-state index contributed by atoms with van der Waals surface area (Å²) in [7, 11) is 0. The number of benzene rings is 1. The largest absolute Gasteiger partial charge is 1.00 e. The first-order chi connectivity index (χ1) is 10.1. The number of nitro benzene ring substituents is 1. The molecule has 2 aromatic rings. The predicted octanol–water partition coefficient (Wildman–Crippen LogP) is -1.49. The van der Waals surface area contributed by atoms with Gasteiger partial charge in [-0.15, -0.1) is 0 Å². The van der Waals surface area contributed by atoms with Crippen LogP contribution in [0.5, 0.6) is 11.5 Å². The minimum atomic E-state index is -0.439. The van der Waals surface area contributed by atoms with E-state index >= 15 is 0 Å². The van der Waals surface area contributed by atoms with Gasteiger partial charge < -0.3 is 27.0 Å². The maximum atomic E-state index is 11.0. The number of hydrogen-bond donors (Lipinski definition) is 1. The summed E-state index contributed by atoms with van der Waals surface area (Å²) < 4.78 is 12.4. The second-order valence-electron chi connectivity index (χ2n) is 4.70. The number of aromatic hydroxyl groups is 1. The minimum absolute atomic E-state index is 0. The second kappa shape index (κ2) is 6.59. The fourth-order valence-electron chi connectivity index (χ4n) is 2.31. The molecular weight excluding hydrogens is 312 g/mol. The highest BCUT2D eigenvalue weighted by molar-refractivity contribution is 5.50. The number of pyridine rings is 1. The lowest BCUT2D eigenvalue weighted by Gasteiger charge is -2.19. The van der Waals surface area contributed by atoms with Gasteiger partial charge in [0.15, 0.2) is 25.3 Å². The number of nitro groups is 1. The molecule has 0 aliphatic carbocycles. The lowest BCUT2D eigenvalue weighted by Crippen LogP contribution is -3.00. The standard InChI is InChI=1S/C14H12N2O5.ClH/c17-13-2-1-3-15(7-13)6-10-4-12(16(18)19)5-11-8-20-9-21-14(10)11;/h1-5,7H,6,8-9H2;1H. The molecule has 22 heavy (non-hydrogen) atoms. The van der Waals surface area contributed by atoms with Gasteiger partial charge in [0.1, 0.15) is 5.75 Å². The van der Waals surface area contributed by atoms with E-state index in [0.29, 0.717) is 23.4 Å². The van der Waals surface area contributed by atoms with Gasteiger partial charge in [0, 0.05) is 23.8 Å². The van der Waals surface area contributed by atoms with Crippen molar-refractivity contribution in [3.05, 3.63) is 57.9 Å². The molecule has 0 bridgehead atoms. The Morgan fingerprint density at radius 1 is 1.41 bits per heavy atom. The highest BCUT2D eigenvalue weighted by Crippen LogP contribution is 2.32. The molecule has 1 aliphatic heterocycles. The van der Waals surface area contributed by atoms with E-state index in [0.717, 1.165) is 0 Å². The van der Waals surface area contributed by atoms with Gasteiger partial charge >= 0.3 is 0 Å². The quantitative estimate of drug-likeness (QED) is 0.422. The van der Waals surface area contributed by atoms with Crippen LogP contribution in [-0.4, -0.2) is 16.8 Å². The van der Waals surface area contributed by atoms with Gasteiger partial charge in [-0.25, -0.2) is 0 Å². The molecular formula is C14H13ClN2O5. The maximum absolute atomic E-state index is 11.0. The van der Waals surface area contributed by atoms with Gasteiger partial charge in [0.2, 0.25) is 6.20 Å². The van der Waals surface area contributed by atoms with Crippen LogP contribution in [0.3, 0.4) is 0 Å². The van der Waals surface area contributed by atoms with E-state index in [2.05, 4.69) is 0 Å². The van der Waals surface area contributed by atoms with E-state index in [4.69, 9.17) is 9.47 Å². The number of nitrogens with zero attached hydrogens (tertiary/aromatic N) is 2. The first-order valence-corrected chi connectivity index (χ1v) is 6.32. The lowest BCUT2D eigenvalue weighted by molar-refractivity contribution is -0.688. The third kappa shape index (κ3) is 3.26.